The van der Waals surface area contributed by atoms with Crippen molar-refractivity contribution in [3.05, 3.63) is 41.7 Å². The van der Waals surface area contributed by atoms with E-state index >= 15 is 0 Å². The molecule has 0 unspecified atom stereocenters. The summed E-state index contributed by atoms with van der Waals surface area (Å²) in [5.74, 6) is 1.21. The zero-order valence-electron chi connectivity index (χ0n) is 12.3. The maximum Gasteiger partial charge on any atom is 0.214 e. The van der Waals surface area contributed by atoms with Crippen LogP contribution in [0.4, 0.5) is 5.82 Å². The normalized spacial score (nSPS) is 10.8. The SMILES string of the molecule is CC(C)(C)Oc1cc(CNc2ccc(C#N)nn2)ccn1. The molecule has 21 heavy (non-hydrogen) atoms. The average molecular weight is 283 g/mol. The molecule has 6 nitrogen and oxygen atoms in total. The Morgan fingerprint density at radius 3 is 2.67 bits per heavy atom. The molecule has 1 N–H and O–H groups in total. The number of hydrogen-bond acceptors (Lipinski definition) is 6. The molecule has 0 aliphatic carbocycles. The molecule has 2 rings (SSSR count). The van der Waals surface area contributed by atoms with Crippen LogP contribution in [0.2, 0.25) is 0 Å². The van der Waals surface area contributed by atoms with Gasteiger partial charge in [0.15, 0.2) is 5.69 Å². The lowest BCUT2D eigenvalue weighted by Gasteiger charge is -2.20. The van der Waals surface area contributed by atoms with Crippen LogP contribution in [0.1, 0.15) is 32.0 Å². The standard InChI is InChI=1S/C15H17N5O/c1-15(2,3)21-14-8-11(6-7-17-14)10-18-13-5-4-12(9-16)19-20-13/h4-8H,10H2,1-3H3,(H,18,20). The molecule has 0 radical (unpaired) electrons. The minimum absolute atomic E-state index is 0.280. The molecule has 0 atom stereocenters. The van der Waals surface area contributed by atoms with E-state index in [1.54, 1.807) is 18.3 Å². The van der Waals surface area contributed by atoms with Crippen LogP contribution in [-0.4, -0.2) is 20.8 Å². The second-order valence-electron chi connectivity index (χ2n) is 5.49. The Morgan fingerprint density at radius 2 is 2.05 bits per heavy atom. The van der Waals surface area contributed by atoms with E-state index in [4.69, 9.17) is 10.00 Å². The van der Waals surface area contributed by atoms with Crippen molar-refractivity contribution in [1.82, 2.24) is 15.2 Å². The van der Waals surface area contributed by atoms with E-state index in [0.29, 0.717) is 23.9 Å². The van der Waals surface area contributed by atoms with Crippen LogP contribution in [0.5, 0.6) is 5.88 Å². The van der Waals surface area contributed by atoms with Crippen molar-refractivity contribution < 1.29 is 4.74 Å². The highest BCUT2D eigenvalue weighted by Crippen LogP contribution is 2.17. The molecule has 2 aromatic rings. The lowest BCUT2D eigenvalue weighted by molar-refractivity contribution is 0.124. The van der Waals surface area contributed by atoms with Crippen LogP contribution >= 0.6 is 0 Å². The summed E-state index contributed by atoms with van der Waals surface area (Å²) < 4.78 is 5.72. The number of nitrogens with zero attached hydrogens (tertiary/aromatic N) is 4. The molecule has 0 bridgehead atoms. The molecular weight excluding hydrogens is 266 g/mol. The van der Waals surface area contributed by atoms with Gasteiger partial charge in [0.25, 0.3) is 0 Å². The largest absolute Gasteiger partial charge is 0.472 e. The Hall–Kier alpha value is -2.68. The van der Waals surface area contributed by atoms with Crippen LogP contribution in [-0.2, 0) is 6.54 Å². The molecule has 0 fully saturated rings. The van der Waals surface area contributed by atoms with Crippen molar-refractivity contribution in [1.29, 1.82) is 5.26 Å². The van der Waals surface area contributed by atoms with Gasteiger partial charge in [-0.1, -0.05) is 0 Å². The minimum atomic E-state index is -0.280. The molecule has 0 aliphatic rings. The third-order valence-corrected chi connectivity index (χ3v) is 2.46. The zero-order chi connectivity index (χ0) is 15.3. The summed E-state index contributed by atoms with van der Waals surface area (Å²) in [4.78, 5) is 4.19. The Morgan fingerprint density at radius 1 is 1.24 bits per heavy atom. The molecule has 2 heterocycles. The molecule has 0 aliphatic heterocycles. The molecule has 108 valence electrons. The summed E-state index contributed by atoms with van der Waals surface area (Å²) in [6.07, 6.45) is 1.71. The van der Waals surface area contributed by atoms with Crippen LogP contribution in [0.25, 0.3) is 0 Å². The highest BCUT2D eigenvalue weighted by molar-refractivity contribution is 5.36. The predicted octanol–water partition coefficient (Wildman–Crippen LogP) is 2.53. The lowest BCUT2D eigenvalue weighted by atomic mass is 10.2. The van der Waals surface area contributed by atoms with Gasteiger partial charge < -0.3 is 10.1 Å². The van der Waals surface area contributed by atoms with Gasteiger partial charge in [0.2, 0.25) is 5.88 Å². The number of anilines is 1. The molecule has 0 aromatic carbocycles. The van der Waals surface area contributed by atoms with Crippen molar-refractivity contribution in [2.24, 2.45) is 0 Å². The van der Waals surface area contributed by atoms with Gasteiger partial charge in [0.05, 0.1) is 0 Å². The maximum absolute atomic E-state index is 8.67. The summed E-state index contributed by atoms with van der Waals surface area (Å²) >= 11 is 0. The molecule has 0 spiro atoms. The summed E-state index contributed by atoms with van der Waals surface area (Å²) in [6, 6.07) is 9.06. The zero-order valence-corrected chi connectivity index (χ0v) is 12.3. The Balaban J connectivity index is 1.99. The molecule has 6 heteroatoms. The second-order valence-corrected chi connectivity index (χ2v) is 5.49. The highest BCUT2D eigenvalue weighted by atomic mass is 16.5. The van der Waals surface area contributed by atoms with Crippen molar-refractivity contribution in [2.45, 2.75) is 32.9 Å². The lowest BCUT2D eigenvalue weighted by Crippen LogP contribution is -2.23. The number of pyridine rings is 1. The average Bonchev–Trinajstić information content (AvgIpc) is 2.44. The van der Waals surface area contributed by atoms with Crippen LogP contribution < -0.4 is 10.1 Å². The molecule has 0 amide bonds. The van der Waals surface area contributed by atoms with E-state index in [2.05, 4.69) is 20.5 Å². The number of ether oxygens (including phenoxy) is 1. The van der Waals surface area contributed by atoms with Crippen molar-refractivity contribution in [2.75, 3.05) is 5.32 Å². The quantitative estimate of drug-likeness (QED) is 0.928. The fourth-order valence-corrected chi connectivity index (χ4v) is 1.61. The van der Waals surface area contributed by atoms with E-state index < -0.39 is 0 Å². The van der Waals surface area contributed by atoms with Gasteiger partial charge in [-0.05, 0) is 44.5 Å². The fraction of sp³-hybridized carbons (Fsp3) is 0.333. The second kappa shape index (κ2) is 6.18. The first-order valence-electron chi connectivity index (χ1n) is 6.58. The number of rotatable bonds is 4. The van der Waals surface area contributed by atoms with Gasteiger partial charge >= 0.3 is 0 Å². The molecule has 0 saturated heterocycles. The smallest absolute Gasteiger partial charge is 0.214 e. The number of nitrogens with one attached hydrogen (secondary N) is 1. The number of hydrogen-bond donors (Lipinski definition) is 1. The molecular formula is C15H17N5O. The van der Waals surface area contributed by atoms with Gasteiger partial charge in [0.1, 0.15) is 17.5 Å². The number of nitriles is 1. The van der Waals surface area contributed by atoms with Crippen LogP contribution in [0.15, 0.2) is 30.5 Å². The van der Waals surface area contributed by atoms with Gasteiger partial charge in [-0.2, -0.15) is 5.26 Å². The summed E-state index contributed by atoms with van der Waals surface area (Å²) in [5, 5.41) is 19.5. The third kappa shape index (κ3) is 4.73. The maximum atomic E-state index is 8.67. The monoisotopic (exact) mass is 283 g/mol. The fourth-order valence-electron chi connectivity index (χ4n) is 1.61. The van der Waals surface area contributed by atoms with Gasteiger partial charge in [-0.25, -0.2) is 4.98 Å². The van der Waals surface area contributed by atoms with Crippen molar-refractivity contribution >= 4 is 5.82 Å². The third-order valence-electron chi connectivity index (χ3n) is 2.46. The molecule has 2 aromatic heterocycles. The predicted molar refractivity (Wildman–Crippen MR) is 78.7 cm³/mol. The van der Waals surface area contributed by atoms with Crippen molar-refractivity contribution in [3.63, 3.8) is 0 Å². The van der Waals surface area contributed by atoms with E-state index in [1.807, 2.05) is 39.0 Å². The van der Waals surface area contributed by atoms with E-state index in [9.17, 15) is 0 Å². The van der Waals surface area contributed by atoms with Crippen LogP contribution in [0.3, 0.4) is 0 Å². The van der Waals surface area contributed by atoms with Gasteiger partial charge in [0, 0.05) is 18.8 Å². The number of aromatic nitrogens is 3. The van der Waals surface area contributed by atoms with E-state index in [1.165, 1.54) is 0 Å². The first-order chi connectivity index (χ1) is 9.96. The van der Waals surface area contributed by atoms with Gasteiger partial charge in [-0.15, -0.1) is 10.2 Å². The molecule has 0 saturated carbocycles. The summed E-state index contributed by atoms with van der Waals surface area (Å²) in [6.45, 7) is 6.51. The summed E-state index contributed by atoms with van der Waals surface area (Å²) in [5.41, 5.74) is 1.04. The first kappa shape index (κ1) is 14.7. The highest BCUT2D eigenvalue weighted by Gasteiger charge is 2.12. The minimum Gasteiger partial charge on any atom is -0.472 e. The Bertz CT molecular complexity index is 640. The summed E-state index contributed by atoms with van der Waals surface area (Å²) in [7, 11) is 0. The van der Waals surface area contributed by atoms with E-state index in [0.717, 1.165) is 5.56 Å². The van der Waals surface area contributed by atoms with E-state index in [-0.39, 0.29) is 5.60 Å². The topological polar surface area (TPSA) is 83.7 Å². The van der Waals surface area contributed by atoms with Gasteiger partial charge in [-0.3, -0.25) is 0 Å². The van der Waals surface area contributed by atoms with Crippen molar-refractivity contribution in [3.8, 4) is 11.9 Å². The Labute approximate surface area is 123 Å². The van der Waals surface area contributed by atoms with Crippen LogP contribution in [0, 0.1) is 11.3 Å². The Kier molecular flexibility index (Phi) is 4.33. The first-order valence-corrected chi connectivity index (χ1v) is 6.58.